The zero-order valence-electron chi connectivity index (χ0n) is 13.5. The van der Waals surface area contributed by atoms with Gasteiger partial charge in [0.1, 0.15) is 4.21 Å². The van der Waals surface area contributed by atoms with Gasteiger partial charge in [-0.3, -0.25) is 4.79 Å². The summed E-state index contributed by atoms with van der Waals surface area (Å²) in [5, 5.41) is 1.77. The number of rotatable bonds is 4. The van der Waals surface area contributed by atoms with E-state index in [1.807, 2.05) is 11.9 Å². The Balaban J connectivity index is 1.69. The first-order valence-electron chi connectivity index (χ1n) is 8.30. The van der Waals surface area contributed by atoms with Gasteiger partial charge >= 0.3 is 0 Å². The summed E-state index contributed by atoms with van der Waals surface area (Å²) in [5.41, 5.74) is 0. The molecular weight excluding hydrogens is 332 g/mol. The molecule has 3 rings (SSSR count). The maximum Gasteiger partial charge on any atom is 0.252 e. The Morgan fingerprint density at radius 1 is 1.26 bits per heavy atom. The van der Waals surface area contributed by atoms with Crippen molar-refractivity contribution in [2.24, 2.45) is 5.92 Å². The van der Waals surface area contributed by atoms with Crippen LogP contribution in [0.3, 0.4) is 0 Å². The standard InChI is InChI=1S/C16H24N2O3S2/c1-17(14-7-2-3-8-14)16(19)13-6-4-10-18(12-13)23(20,21)15-9-5-11-22-15/h5,9,11,13-14H,2-4,6-8,10,12H2,1H3/t13-/m1/s1. The minimum absolute atomic E-state index is 0.114. The van der Waals surface area contributed by atoms with Gasteiger partial charge in [0.2, 0.25) is 5.91 Å². The average Bonchev–Trinajstić information content (AvgIpc) is 3.26. The normalized spacial score (nSPS) is 24.0. The van der Waals surface area contributed by atoms with E-state index < -0.39 is 10.0 Å². The van der Waals surface area contributed by atoms with E-state index in [4.69, 9.17) is 0 Å². The van der Waals surface area contributed by atoms with Crippen molar-refractivity contribution in [1.82, 2.24) is 9.21 Å². The molecule has 2 aliphatic rings. The molecule has 0 bridgehead atoms. The number of hydrogen-bond donors (Lipinski definition) is 0. The highest BCUT2D eigenvalue weighted by atomic mass is 32.2. The van der Waals surface area contributed by atoms with E-state index in [0.717, 1.165) is 25.7 Å². The smallest absolute Gasteiger partial charge is 0.252 e. The number of nitrogens with zero attached hydrogens (tertiary/aromatic N) is 2. The number of carbonyl (C=O) groups excluding carboxylic acids is 1. The molecule has 2 fully saturated rings. The number of amides is 1. The highest BCUT2D eigenvalue weighted by Gasteiger charge is 2.36. The quantitative estimate of drug-likeness (QED) is 0.833. The van der Waals surface area contributed by atoms with E-state index in [1.54, 1.807) is 17.5 Å². The van der Waals surface area contributed by atoms with E-state index in [2.05, 4.69) is 0 Å². The van der Waals surface area contributed by atoms with Crippen molar-refractivity contribution in [3.63, 3.8) is 0 Å². The first-order chi connectivity index (χ1) is 11.0. The summed E-state index contributed by atoms with van der Waals surface area (Å²) < 4.78 is 27.2. The van der Waals surface area contributed by atoms with E-state index in [1.165, 1.54) is 28.5 Å². The third-order valence-corrected chi connectivity index (χ3v) is 8.28. The third-order valence-electron chi connectivity index (χ3n) is 5.04. The van der Waals surface area contributed by atoms with Crippen LogP contribution < -0.4 is 0 Å². The van der Waals surface area contributed by atoms with E-state index in [0.29, 0.717) is 23.3 Å². The second-order valence-corrected chi connectivity index (χ2v) is 9.63. The van der Waals surface area contributed by atoms with Crippen LogP contribution in [0.4, 0.5) is 0 Å². The number of sulfonamides is 1. The van der Waals surface area contributed by atoms with Gasteiger partial charge in [-0.05, 0) is 37.1 Å². The topological polar surface area (TPSA) is 57.7 Å². The molecule has 0 unspecified atom stereocenters. The van der Waals surface area contributed by atoms with Crippen LogP contribution in [0.5, 0.6) is 0 Å². The van der Waals surface area contributed by atoms with Crippen LogP contribution in [0.15, 0.2) is 21.7 Å². The van der Waals surface area contributed by atoms with Crippen molar-refractivity contribution < 1.29 is 13.2 Å². The molecule has 1 aromatic rings. The zero-order valence-corrected chi connectivity index (χ0v) is 15.1. The molecule has 1 atom stereocenters. The van der Waals surface area contributed by atoms with Crippen LogP contribution in [0.1, 0.15) is 38.5 Å². The Kier molecular flexibility index (Phi) is 5.08. The van der Waals surface area contributed by atoms with Gasteiger partial charge in [-0.25, -0.2) is 8.42 Å². The molecule has 1 amide bonds. The largest absolute Gasteiger partial charge is 0.342 e. The molecular formula is C16H24N2O3S2. The zero-order chi connectivity index (χ0) is 16.4. The maximum absolute atomic E-state index is 12.8. The Hall–Kier alpha value is -0.920. The second kappa shape index (κ2) is 6.91. The Bertz CT molecular complexity index is 636. The van der Waals surface area contributed by atoms with E-state index in [9.17, 15) is 13.2 Å². The summed E-state index contributed by atoms with van der Waals surface area (Å²) in [7, 11) is -1.57. The predicted octanol–water partition coefficient (Wildman–Crippen LogP) is 2.55. The SMILES string of the molecule is CN(C(=O)[C@@H]1CCCN(S(=O)(=O)c2cccs2)C1)C1CCCC1. The average molecular weight is 357 g/mol. The van der Waals surface area contributed by atoms with Crippen LogP contribution in [0, 0.1) is 5.92 Å². The summed E-state index contributed by atoms with van der Waals surface area (Å²) >= 11 is 1.23. The fraction of sp³-hybridized carbons (Fsp3) is 0.688. The predicted molar refractivity (Wildman–Crippen MR) is 90.8 cm³/mol. The molecule has 0 radical (unpaired) electrons. The van der Waals surface area contributed by atoms with Gasteiger partial charge in [-0.2, -0.15) is 4.31 Å². The van der Waals surface area contributed by atoms with Gasteiger partial charge in [-0.15, -0.1) is 11.3 Å². The van der Waals surface area contributed by atoms with E-state index >= 15 is 0 Å². The van der Waals surface area contributed by atoms with Crippen LogP contribution >= 0.6 is 11.3 Å². The van der Waals surface area contributed by atoms with Crippen molar-refractivity contribution in [1.29, 1.82) is 0 Å². The van der Waals surface area contributed by atoms with Gasteiger partial charge in [0, 0.05) is 26.2 Å². The van der Waals surface area contributed by atoms with Crippen molar-refractivity contribution in [3.8, 4) is 0 Å². The van der Waals surface area contributed by atoms with Crippen LogP contribution in [0.2, 0.25) is 0 Å². The lowest BCUT2D eigenvalue weighted by Gasteiger charge is -2.34. The summed E-state index contributed by atoms with van der Waals surface area (Å²) in [6, 6.07) is 3.72. The number of carbonyl (C=O) groups is 1. The van der Waals surface area contributed by atoms with Gasteiger partial charge in [-0.1, -0.05) is 18.9 Å². The Labute approximate surface area is 142 Å². The molecule has 1 saturated carbocycles. The summed E-state index contributed by atoms with van der Waals surface area (Å²) in [6.07, 6.45) is 6.06. The number of hydrogen-bond acceptors (Lipinski definition) is 4. The van der Waals surface area contributed by atoms with Gasteiger partial charge in [0.05, 0.1) is 5.92 Å². The number of thiophene rings is 1. The van der Waals surface area contributed by atoms with Crippen molar-refractivity contribution >= 4 is 27.3 Å². The molecule has 0 spiro atoms. The summed E-state index contributed by atoms with van der Waals surface area (Å²) in [4.78, 5) is 14.6. The highest BCUT2D eigenvalue weighted by molar-refractivity contribution is 7.91. The molecule has 1 saturated heterocycles. The second-order valence-electron chi connectivity index (χ2n) is 6.52. The van der Waals surface area contributed by atoms with E-state index in [-0.39, 0.29) is 11.8 Å². The van der Waals surface area contributed by atoms with Gasteiger partial charge < -0.3 is 4.90 Å². The molecule has 2 heterocycles. The fourth-order valence-electron chi connectivity index (χ4n) is 3.66. The molecule has 5 nitrogen and oxygen atoms in total. The lowest BCUT2D eigenvalue weighted by atomic mass is 9.97. The fourth-order valence-corrected chi connectivity index (χ4v) is 6.33. The summed E-state index contributed by atoms with van der Waals surface area (Å²) in [5.74, 6) is -0.0907. The first-order valence-corrected chi connectivity index (χ1v) is 10.6. The maximum atomic E-state index is 12.8. The highest BCUT2D eigenvalue weighted by Crippen LogP contribution is 2.29. The first kappa shape index (κ1) is 16.9. The summed E-state index contributed by atoms with van der Waals surface area (Å²) in [6.45, 7) is 0.827. The van der Waals surface area contributed by atoms with Gasteiger partial charge in [0.15, 0.2) is 0 Å². The van der Waals surface area contributed by atoms with Gasteiger partial charge in [0.25, 0.3) is 10.0 Å². The molecule has 23 heavy (non-hydrogen) atoms. The Morgan fingerprint density at radius 3 is 2.65 bits per heavy atom. The van der Waals surface area contributed by atoms with Crippen molar-refractivity contribution in [2.75, 3.05) is 20.1 Å². The third kappa shape index (κ3) is 3.46. The van der Waals surface area contributed by atoms with Crippen LogP contribution in [-0.4, -0.2) is 49.7 Å². The lowest BCUT2D eigenvalue weighted by molar-refractivity contribution is -0.137. The molecule has 128 valence electrons. The van der Waals surface area contributed by atoms with Crippen LogP contribution in [-0.2, 0) is 14.8 Å². The minimum atomic E-state index is -3.45. The number of piperidine rings is 1. The minimum Gasteiger partial charge on any atom is -0.342 e. The molecule has 0 N–H and O–H groups in total. The molecule has 0 aromatic carbocycles. The molecule has 1 aliphatic heterocycles. The monoisotopic (exact) mass is 356 g/mol. The molecule has 7 heteroatoms. The lowest BCUT2D eigenvalue weighted by Crippen LogP contribution is -2.47. The molecule has 1 aromatic heterocycles. The molecule has 1 aliphatic carbocycles. The van der Waals surface area contributed by atoms with Crippen LogP contribution in [0.25, 0.3) is 0 Å². The van der Waals surface area contributed by atoms with Crippen molar-refractivity contribution in [2.45, 2.75) is 48.8 Å². The van der Waals surface area contributed by atoms with Crippen molar-refractivity contribution in [3.05, 3.63) is 17.5 Å². The Morgan fingerprint density at radius 2 is 2.00 bits per heavy atom.